The van der Waals surface area contributed by atoms with Crippen LogP contribution in [0.2, 0.25) is 0 Å². The third-order valence-corrected chi connectivity index (χ3v) is 3.29. The largest absolute Gasteiger partial charge is 0.389 e. The minimum Gasteiger partial charge on any atom is -0.389 e. The quantitative estimate of drug-likeness (QED) is 0.910. The van der Waals surface area contributed by atoms with Crippen LogP contribution in [0.3, 0.4) is 0 Å². The van der Waals surface area contributed by atoms with Crippen LogP contribution in [0, 0.1) is 5.82 Å². The van der Waals surface area contributed by atoms with Gasteiger partial charge in [0.2, 0.25) is 0 Å². The second-order valence-corrected chi connectivity index (χ2v) is 4.84. The summed E-state index contributed by atoms with van der Waals surface area (Å²) in [5.41, 5.74) is 2.06. The fourth-order valence-corrected chi connectivity index (χ4v) is 2.22. The Bertz CT molecular complexity index is 558. The second-order valence-electron chi connectivity index (χ2n) is 4.84. The Balaban J connectivity index is 2.13. The lowest BCUT2D eigenvalue weighted by atomic mass is 10.1. The molecule has 3 nitrogen and oxygen atoms in total. The molecule has 0 amide bonds. The van der Waals surface area contributed by atoms with E-state index >= 15 is 0 Å². The Morgan fingerprint density at radius 1 is 1.25 bits per heavy atom. The Labute approximate surface area is 118 Å². The van der Waals surface area contributed by atoms with E-state index < -0.39 is 6.10 Å². The minimum absolute atomic E-state index is 0.344. The number of rotatable bonds is 5. The van der Waals surface area contributed by atoms with Gasteiger partial charge in [0.25, 0.3) is 0 Å². The normalized spacial score (nSPS) is 12.2. The van der Waals surface area contributed by atoms with Crippen LogP contribution in [0.1, 0.15) is 24.3 Å². The number of hydrogen-bond acceptors (Lipinski definition) is 3. The van der Waals surface area contributed by atoms with Crippen molar-refractivity contribution in [3.8, 4) is 0 Å². The molecule has 0 bridgehead atoms. The van der Waals surface area contributed by atoms with Crippen LogP contribution >= 0.6 is 0 Å². The summed E-state index contributed by atoms with van der Waals surface area (Å²) < 4.78 is 13.8. The van der Waals surface area contributed by atoms with Gasteiger partial charge in [-0.15, -0.1) is 0 Å². The number of aliphatic hydroxyl groups is 1. The zero-order valence-corrected chi connectivity index (χ0v) is 11.8. The van der Waals surface area contributed by atoms with Crippen molar-refractivity contribution in [1.82, 2.24) is 4.98 Å². The highest BCUT2D eigenvalue weighted by Gasteiger charge is 2.16. The summed E-state index contributed by atoms with van der Waals surface area (Å²) >= 11 is 0. The zero-order valence-electron chi connectivity index (χ0n) is 11.8. The van der Waals surface area contributed by atoms with E-state index in [9.17, 15) is 9.50 Å². The fourth-order valence-electron chi connectivity index (χ4n) is 2.22. The molecule has 2 aromatic rings. The van der Waals surface area contributed by atoms with Crippen molar-refractivity contribution < 1.29 is 9.50 Å². The van der Waals surface area contributed by atoms with Crippen LogP contribution in [0.4, 0.5) is 10.1 Å². The van der Waals surface area contributed by atoms with Crippen LogP contribution < -0.4 is 4.90 Å². The lowest BCUT2D eigenvalue weighted by Gasteiger charge is -2.23. The summed E-state index contributed by atoms with van der Waals surface area (Å²) in [7, 11) is 1.89. The molecule has 106 valence electrons. The lowest BCUT2D eigenvalue weighted by molar-refractivity contribution is 0.194. The fraction of sp³-hybridized carbons (Fsp3) is 0.312. The van der Waals surface area contributed by atoms with Gasteiger partial charge < -0.3 is 10.0 Å². The molecule has 0 aliphatic rings. The van der Waals surface area contributed by atoms with Crippen molar-refractivity contribution >= 4 is 5.69 Å². The second kappa shape index (κ2) is 6.48. The molecule has 20 heavy (non-hydrogen) atoms. The van der Waals surface area contributed by atoms with E-state index in [-0.39, 0.29) is 5.82 Å². The number of nitrogens with zero attached hydrogens (tertiary/aromatic N) is 2. The standard InChI is InChI=1S/C16H19FN2O/c1-12(20)16-14(17)7-5-8-15(16)19(2)11-9-13-6-3-4-10-18-13/h3-8,10,12,20H,9,11H2,1-2H3/t12-/m0/s1. The van der Waals surface area contributed by atoms with Gasteiger partial charge in [-0.2, -0.15) is 0 Å². The van der Waals surface area contributed by atoms with Gasteiger partial charge in [0, 0.05) is 43.2 Å². The molecule has 4 heteroatoms. The van der Waals surface area contributed by atoms with Gasteiger partial charge in [-0.05, 0) is 31.2 Å². The molecule has 0 saturated heterocycles. The Hall–Kier alpha value is -1.94. The van der Waals surface area contributed by atoms with Crippen LogP contribution in [0.5, 0.6) is 0 Å². The van der Waals surface area contributed by atoms with Crippen LogP contribution in [0.25, 0.3) is 0 Å². The topological polar surface area (TPSA) is 36.4 Å². The molecule has 1 heterocycles. The third-order valence-electron chi connectivity index (χ3n) is 3.29. The molecule has 1 N–H and O–H groups in total. The van der Waals surface area contributed by atoms with Crippen LogP contribution in [-0.4, -0.2) is 23.7 Å². The first-order valence-corrected chi connectivity index (χ1v) is 6.67. The molecule has 1 aromatic heterocycles. The number of hydrogen-bond donors (Lipinski definition) is 1. The molecule has 0 aliphatic carbocycles. The van der Waals surface area contributed by atoms with E-state index in [1.165, 1.54) is 6.07 Å². The predicted molar refractivity (Wildman–Crippen MR) is 78.2 cm³/mol. The Morgan fingerprint density at radius 2 is 2.05 bits per heavy atom. The number of halogens is 1. The third kappa shape index (κ3) is 3.33. The smallest absolute Gasteiger partial charge is 0.131 e. The number of benzene rings is 1. The molecule has 0 radical (unpaired) electrons. The Kier molecular flexibility index (Phi) is 4.69. The summed E-state index contributed by atoms with van der Waals surface area (Å²) in [6.07, 6.45) is 1.70. The maximum atomic E-state index is 13.8. The summed E-state index contributed by atoms with van der Waals surface area (Å²) in [6, 6.07) is 10.7. The van der Waals surface area contributed by atoms with Crippen molar-refractivity contribution in [2.45, 2.75) is 19.4 Å². The highest BCUT2D eigenvalue weighted by atomic mass is 19.1. The van der Waals surface area contributed by atoms with E-state index in [1.807, 2.05) is 36.2 Å². The van der Waals surface area contributed by atoms with Gasteiger partial charge in [0.1, 0.15) is 5.82 Å². The van der Waals surface area contributed by atoms with Crippen molar-refractivity contribution in [2.75, 3.05) is 18.5 Å². The van der Waals surface area contributed by atoms with E-state index in [4.69, 9.17) is 0 Å². The number of aliphatic hydroxyl groups excluding tert-OH is 1. The van der Waals surface area contributed by atoms with E-state index in [2.05, 4.69) is 4.98 Å². The summed E-state index contributed by atoms with van der Waals surface area (Å²) in [5.74, 6) is -0.373. The van der Waals surface area contributed by atoms with Gasteiger partial charge in [-0.25, -0.2) is 4.39 Å². The predicted octanol–water partition coefficient (Wildman–Crippen LogP) is 2.95. The highest BCUT2D eigenvalue weighted by Crippen LogP contribution is 2.28. The first-order chi connectivity index (χ1) is 9.59. The zero-order chi connectivity index (χ0) is 14.5. The number of anilines is 1. The summed E-state index contributed by atoms with van der Waals surface area (Å²) in [5, 5.41) is 9.74. The van der Waals surface area contributed by atoms with E-state index in [1.54, 1.807) is 19.2 Å². The maximum Gasteiger partial charge on any atom is 0.131 e. The van der Waals surface area contributed by atoms with E-state index in [0.29, 0.717) is 12.1 Å². The molecule has 0 fully saturated rings. The first kappa shape index (κ1) is 14.5. The van der Waals surface area contributed by atoms with Gasteiger partial charge >= 0.3 is 0 Å². The van der Waals surface area contributed by atoms with Crippen molar-refractivity contribution in [2.24, 2.45) is 0 Å². The van der Waals surface area contributed by atoms with Gasteiger partial charge in [-0.1, -0.05) is 12.1 Å². The van der Waals surface area contributed by atoms with Gasteiger partial charge in [0.15, 0.2) is 0 Å². The van der Waals surface area contributed by atoms with Crippen molar-refractivity contribution in [1.29, 1.82) is 0 Å². The molecule has 1 atom stereocenters. The van der Waals surface area contributed by atoms with Crippen LogP contribution in [0.15, 0.2) is 42.6 Å². The molecule has 1 aromatic carbocycles. The van der Waals surface area contributed by atoms with Crippen molar-refractivity contribution in [3.05, 3.63) is 59.7 Å². The molecular weight excluding hydrogens is 255 g/mol. The summed E-state index contributed by atoms with van der Waals surface area (Å²) in [6.45, 7) is 2.29. The maximum absolute atomic E-state index is 13.8. The molecule has 0 aliphatic heterocycles. The minimum atomic E-state index is -0.830. The number of pyridine rings is 1. The van der Waals surface area contributed by atoms with Gasteiger partial charge in [0.05, 0.1) is 6.10 Å². The molecule has 0 saturated carbocycles. The van der Waals surface area contributed by atoms with Crippen molar-refractivity contribution in [3.63, 3.8) is 0 Å². The molecule has 0 unspecified atom stereocenters. The number of likely N-dealkylation sites (N-methyl/N-ethyl adjacent to an activating group) is 1. The molecule has 0 spiro atoms. The summed E-state index contributed by atoms with van der Waals surface area (Å²) in [4.78, 5) is 6.21. The Morgan fingerprint density at radius 3 is 2.70 bits per heavy atom. The highest BCUT2D eigenvalue weighted by molar-refractivity contribution is 5.54. The molecular formula is C16H19FN2O. The number of aromatic nitrogens is 1. The van der Waals surface area contributed by atoms with Gasteiger partial charge in [-0.3, -0.25) is 4.98 Å². The van der Waals surface area contributed by atoms with Crippen LogP contribution in [-0.2, 0) is 6.42 Å². The SMILES string of the molecule is C[C@H](O)c1c(F)cccc1N(C)CCc1ccccn1. The molecule has 2 rings (SSSR count). The first-order valence-electron chi connectivity index (χ1n) is 6.67. The van der Waals surface area contributed by atoms with E-state index in [0.717, 1.165) is 17.8 Å². The lowest BCUT2D eigenvalue weighted by Crippen LogP contribution is -2.23. The average Bonchev–Trinajstić information content (AvgIpc) is 2.45. The monoisotopic (exact) mass is 274 g/mol. The average molecular weight is 274 g/mol.